The normalized spacial score (nSPS) is 19.7. The van der Waals surface area contributed by atoms with Gasteiger partial charge in [-0.3, -0.25) is 0 Å². The van der Waals surface area contributed by atoms with E-state index >= 15 is 0 Å². The molecule has 0 spiro atoms. The first-order valence-electron chi connectivity index (χ1n) is 11.1. The molecule has 2 aromatic rings. The van der Waals surface area contributed by atoms with Gasteiger partial charge >= 0.3 is 0 Å². The van der Waals surface area contributed by atoms with Crippen molar-refractivity contribution >= 4 is 0 Å². The first-order valence-corrected chi connectivity index (χ1v) is 11.1. The third-order valence-electron chi connectivity index (χ3n) is 6.36. The van der Waals surface area contributed by atoms with E-state index in [0.717, 1.165) is 23.8 Å². The number of aryl methyl sites for hydroxylation is 1. The highest BCUT2D eigenvalue weighted by Gasteiger charge is 2.20. The lowest BCUT2D eigenvalue weighted by Crippen LogP contribution is -2.15. The van der Waals surface area contributed by atoms with Gasteiger partial charge in [0.15, 0.2) is 5.82 Å². The molecule has 0 atom stereocenters. The first-order chi connectivity index (χ1) is 13.7. The zero-order chi connectivity index (χ0) is 19.8. The van der Waals surface area contributed by atoms with Gasteiger partial charge in [0.25, 0.3) is 0 Å². The third kappa shape index (κ3) is 6.12. The maximum Gasteiger partial charge on any atom is 0.248 e. The summed E-state index contributed by atoms with van der Waals surface area (Å²) in [5.74, 6) is -0.113. The summed E-state index contributed by atoms with van der Waals surface area (Å²) in [6.45, 7) is 2.28. The molecular weight excluding hydrogens is 352 g/mol. The summed E-state index contributed by atoms with van der Waals surface area (Å²) in [5.41, 5.74) is 2.81. The van der Waals surface area contributed by atoms with Crippen LogP contribution in [0.3, 0.4) is 0 Å². The summed E-state index contributed by atoms with van der Waals surface area (Å²) in [5, 5.41) is 0. The fraction of sp³-hybridized carbons (Fsp3) is 0.560. The van der Waals surface area contributed by atoms with E-state index in [9.17, 15) is 8.78 Å². The Bertz CT molecular complexity index is 718. The molecule has 0 bridgehead atoms. The van der Waals surface area contributed by atoms with Crippen molar-refractivity contribution < 1.29 is 8.78 Å². The second-order valence-corrected chi connectivity index (χ2v) is 8.47. The summed E-state index contributed by atoms with van der Waals surface area (Å²) in [4.78, 5) is 3.47. The van der Waals surface area contributed by atoms with E-state index in [1.807, 2.05) is 12.1 Å². The minimum atomic E-state index is -1.05. The number of pyridine rings is 1. The van der Waals surface area contributed by atoms with Crippen molar-refractivity contribution in [1.29, 1.82) is 0 Å². The molecule has 1 heterocycles. The molecule has 1 aromatic heterocycles. The molecule has 28 heavy (non-hydrogen) atoms. The molecule has 0 aliphatic heterocycles. The monoisotopic (exact) mass is 385 g/mol. The summed E-state index contributed by atoms with van der Waals surface area (Å²) in [7, 11) is 0. The molecule has 1 nitrogen and oxygen atoms in total. The second-order valence-electron chi connectivity index (χ2n) is 8.47. The standard InChI is InChI=1S/C25H33F2N/c1-2-3-4-5-6-19-7-9-20(10-8-19)11-12-21-13-15-22(16-14-21)23-17-24(26)25(27)28-18-23/h13-20H,2-12H2,1H3/t19-,20-. The number of rotatable bonds is 9. The predicted octanol–water partition coefficient (Wildman–Crippen LogP) is 7.74. The van der Waals surface area contributed by atoms with E-state index in [-0.39, 0.29) is 0 Å². The molecule has 0 N–H and O–H groups in total. The summed E-state index contributed by atoms with van der Waals surface area (Å²) in [6, 6.07) is 9.39. The minimum Gasteiger partial charge on any atom is -0.225 e. The van der Waals surface area contributed by atoms with Crippen LogP contribution in [-0.4, -0.2) is 4.98 Å². The number of unbranched alkanes of at least 4 members (excludes halogenated alkanes) is 3. The van der Waals surface area contributed by atoms with Crippen molar-refractivity contribution in [3.05, 3.63) is 53.9 Å². The summed E-state index contributed by atoms with van der Waals surface area (Å²) >= 11 is 0. The van der Waals surface area contributed by atoms with Gasteiger partial charge < -0.3 is 0 Å². The highest BCUT2D eigenvalue weighted by atomic mass is 19.2. The Balaban J connectivity index is 1.41. The molecule has 1 saturated carbocycles. The quantitative estimate of drug-likeness (QED) is 0.318. The van der Waals surface area contributed by atoms with Crippen LogP contribution in [0.25, 0.3) is 11.1 Å². The van der Waals surface area contributed by atoms with E-state index in [1.165, 1.54) is 82.0 Å². The molecule has 0 saturated heterocycles. The van der Waals surface area contributed by atoms with E-state index in [4.69, 9.17) is 0 Å². The van der Waals surface area contributed by atoms with Crippen LogP contribution in [0.15, 0.2) is 36.5 Å². The first kappa shape index (κ1) is 21.0. The largest absolute Gasteiger partial charge is 0.248 e. The molecule has 0 unspecified atom stereocenters. The molecule has 3 heteroatoms. The molecule has 1 fully saturated rings. The van der Waals surface area contributed by atoms with Crippen LogP contribution in [0.2, 0.25) is 0 Å². The Labute approximate surface area is 168 Å². The number of benzene rings is 1. The number of nitrogens with zero attached hydrogens (tertiary/aromatic N) is 1. The summed E-state index contributed by atoms with van der Waals surface area (Å²) < 4.78 is 26.4. The van der Waals surface area contributed by atoms with Crippen LogP contribution in [0.1, 0.15) is 76.7 Å². The topological polar surface area (TPSA) is 12.9 Å². The van der Waals surface area contributed by atoms with Gasteiger partial charge in [0, 0.05) is 11.8 Å². The molecule has 1 aliphatic rings. The summed E-state index contributed by atoms with van der Waals surface area (Å²) in [6.07, 6.45) is 16.3. The molecule has 152 valence electrons. The van der Waals surface area contributed by atoms with Gasteiger partial charge in [-0.1, -0.05) is 89.0 Å². The van der Waals surface area contributed by atoms with Crippen LogP contribution in [0, 0.1) is 23.6 Å². The molecular formula is C25H33F2N. The van der Waals surface area contributed by atoms with Crippen LogP contribution in [-0.2, 0) is 6.42 Å². The zero-order valence-corrected chi connectivity index (χ0v) is 17.1. The Hall–Kier alpha value is -1.77. The average Bonchev–Trinajstić information content (AvgIpc) is 2.73. The maximum atomic E-state index is 13.4. The Morgan fingerprint density at radius 1 is 0.857 bits per heavy atom. The van der Waals surface area contributed by atoms with Crippen molar-refractivity contribution in [3.63, 3.8) is 0 Å². The predicted molar refractivity (Wildman–Crippen MR) is 112 cm³/mol. The smallest absolute Gasteiger partial charge is 0.225 e. The van der Waals surface area contributed by atoms with Crippen LogP contribution >= 0.6 is 0 Å². The van der Waals surface area contributed by atoms with Gasteiger partial charge in [-0.05, 0) is 41.9 Å². The Kier molecular flexibility index (Phi) is 8.00. The van der Waals surface area contributed by atoms with E-state index in [1.54, 1.807) is 0 Å². The van der Waals surface area contributed by atoms with E-state index < -0.39 is 11.8 Å². The number of halogens is 2. The van der Waals surface area contributed by atoms with Crippen molar-refractivity contribution in [2.45, 2.75) is 77.6 Å². The van der Waals surface area contributed by atoms with Gasteiger partial charge in [-0.15, -0.1) is 0 Å². The van der Waals surface area contributed by atoms with Gasteiger partial charge in [-0.25, -0.2) is 9.37 Å². The zero-order valence-electron chi connectivity index (χ0n) is 17.1. The third-order valence-corrected chi connectivity index (χ3v) is 6.36. The average molecular weight is 386 g/mol. The number of hydrogen-bond acceptors (Lipinski definition) is 1. The van der Waals surface area contributed by atoms with Gasteiger partial charge in [0.05, 0.1) is 0 Å². The lowest BCUT2D eigenvalue weighted by Gasteiger charge is -2.28. The SMILES string of the molecule is CCCCCC[C@H]1CC[C@H](CCc2ccc(-c3cnc(F)c(F)c3)cc2)CC1. The molecule has 1 aromatic carbocycles. The van der Waals surface area contributed by atoms with Crippen molar-refractivity contribution in [2.24, 2.45) is 11.8 Å². The van der Waals surface area contributed by atoms with Crippen LogP contribution in [0.4, 0.5) is 8.78 Å². The van der Waals surface area contributed by atoms with Gasteiger partial charge in [-0.2, -0.15) is 4.39 Å². The van der Waals surface area contributed by atoms with Crippen molar-refractivity contribution in [3.8, 4) is 11.1 Å². The van der Waals surface area contributed by atoms with E-state index in [2.05, 4.69) is 24.0 Å². The van der Waals surface area contributed by atoms with Crippen LogP contribution in [0.5, 0.6) is 0 Å². The molecule has 0 amide bonds. The fourth-order valence-electron chi connectivity index (χ4n) is 4.48. The highest BCUT2D eigenvalue weighted by Crippen LogP contribution is 2.34. The maximum absolute atomic E-state index is 13.4. The van der Waals surface area contributed by atoms with Gasteiger partial charge in [0.1, 0.15) is 0 Å². The fourth-order valence-corrected chi connectivity index (χ4v) is 4.48. The number of aromatic nitrogens is 1. The lowest BCUT2D eigenvalue weighted by atomic mass is 9.77. The van der Waals surface area contributed by atoms with Crippen LogP contribution < -0.4 is 0 Å². The van der Waals surface area contributed by atoms with Crippen molar-refractivity contribution in [1.82, 2.24) is 4.98 Å². The Morgan fingerprint density at radius 3 is 2.18 bits per heavy atom. The number of hydrogen-bond donors (Lipinski definition) is 0. The van der Waals surface area contributed by atoms with E-state index in [0.29, 0.717) is 5.56 Å². The molecule has 1 aliphatic carbocycles. The molecule has 0 radical (unpaired) electrons. The Morgan fingerprint density at radius 2 is 1.54 bits per heavy atom. The lowest BCUT2D eigenvalue weighted by molar-refractivity contribution is 0.249. The minimum absolute atomic E-state index is 0.614. The second kappa shape index (κ2) is 10.7. The van der Waals surface area contributed by atoms with Crippen molar-refractivity contribution in [2.75, 3.05) is 0 Å². The molecule has 3 rings (SSSR count). The van der Waals surface area contributed by atoms with Gasteiger partial charge in [0.2, 0.25) is 5.95 Å². The highest BCUT2D eigenvalue weighted by molar-refractivity contribution is 5.62.